The van der Waals surface area contributed by atoms with Crippen molar-refractivity contribution >= 4 is 46.1 Å². The zero-order chi connectivity index (χ0) is 32.0. The molecule has 0 radical (unpaired) electrons. The number of benzene rings is 4. The average molecular weight is 638 g/mol. The highest BCUT2D eigenvalue weighted by molar-refractivity contribution is 6.31. The van der Waals surface area contributed by atoms with Crippen molar-refractivity contribution in [2.45, 2.75) is 12.7 Å². The van der Waals surface area contributed by atoms with Gasteiger partial charge in [-0.05, 0) is 58.3 Å². The van der Waals surface area contributed by atoms with Gasteiger partial charge in [0, 0.05) is 44.8 Å². The number of carbonyl (C=O) groups is 2. The second-order valence-electron chi connectivity index (χ2n) is 10.7. The Kier molecular flexibility index (Phi) is 10.1. The number of alkyl halides is 3. The van der Waals surface area contributed by atoms with Crippen LogP contribution >= 0.6 is 11.6 Å². The molecule has 1 aliphatic heterocycles. The Labute approximate surface area is 263 Å². The molecule has 0 aliphatic carbocycles. The summed E-state index contributed by atoms with van der Waals surface area (Å²) in [5.74, 6) is -1.07. The van der Waals surface area contributed by atoms with E-state index < -0.39 is 28.6 Å². The minimum atomic E-state index is -4.64. The Morgan fingerprint density at radius 1 is 0.889 bits per heavy atom. The molecule has 0 unspecified atom stereocenters. The highest BCUT2D eigenvalue weighted by Gasteiger charge is 2.33. The van der Waals surface area contributed by atoms with Gasteiger partial charge in [0.2, 0.25) is 0 Å². The molecule has 0 bridgehead atoms. The SMILES string of the molecule is O=C(Nc1cc2ccccc2cc1C(=O)N/N=C\c1ccc(Cl)c(C(F)(F)F)c1)c1cccc(CN2CCN(CCO)CC2)c1. The molecule has 0 saturated carbocycles. The van der Waals surface area contributed by atoms with E-state index in [-0.39, 0.29) is 23.4 Å². The number of piperazine rings is 1. The van der Waals surface area contributed by atoms with Gasteiger partial charge in [-0.1, -0.05) is 54.1 Å². The molecule has 0 spiro atoms. The van der Waals surface area contributed by atoms with Gasteiger partial charge in [0.25, 0.3) is 11.8 Å². The van der Waals surface area contributed by atoms with Crippen molar-refractivity contribution in [2.24, 2.45) is 5.10 Å². The Balaban J connectivity index is 1.32. The van der Waals surface area contributed by atoms with Crippen molar-refractivity contribution in [1.82, 2.24) is 15.2 Å². The van der Waals surface area contributed by atoms with Gasteiger partial charge in [-0.15, -0.1) is 0 Å². The number of nitrogens with one attached hydrogen (secondary N) is 2. The molecule has 1 aliphatic rings. The van der Waals surface area contributed by atoms with E-state index in [1.807, 2.05) is 42.5 Å². The number of β-amino-alcohol motifs (C(OH)–C–C–N with tert-alkyl or cyclic N) is 1. The van der Waals surface area contributed by atoms with Crippen LogP contribution in [0.25, 0.3) is 10.8 Å². The first-order chi connectivity index (χ1) is 21.6. The second kappa shape index (κ2) is 14.2. The summed E-state index contributed by atoms with van der Waals surface area (Å²) in [5, 5.41) is 17.0. The van der Waals surface area contributed by atoms with Crippen LogP contribution in [0.1, 0.15) is 37.4 Å². The van der Waals surface area contributed by atoms with Crippen LogP contribution in [0, 0.1) is 0 Å². The molecular weight excluding hydrogens is 607 g/mol. The minimum Gasteiger partial charge on any atom is -0.395 e. The smallest absolute Gasteiger partial charge is 0.395 e. The molecular formula is C33H31ClF3N5O3. The Morgan fingerprint density at radius 3 is 2.31 bits per heavy atom. The molecule has 5 rings (SSSR count). The third-order valence-corrected chi connectivity index (χ3v) is 7.86. The number of carbonyl (C=O) groups excluding carboxylic acids is 2. The van der Waals surface area contributed by atoms with E-state index in [9.17, 15) is 27.9 Å². The number of amides is 2. The zero-order valence-corrected chi connectivity index (χ0v) is 24.9. The lowest BCUT2D eigenvalue weighted by Gasteiger charge is -2.34. The van der Waals surface area contributed by atoms with Crippen molar-refractivity contribution in [2.75, 3.05) is 44.6 Å². The third-order valence-electron chi connectivity index (χ3n) is 7.53. The van der Waals surface area contributed by atoms with Crippen LogP contribution in [0.4, 0.5) is 18.9 Å². The Bertz CT molecular complexity index is 1720. The standard InChI is InChI=1S/C33H31ClF3N5O3/c34-29-9-8-22(17-28(29)33(35,36)37)20-38-40-32(45)27-18-24-5-1-2-6-25(24)19-30(27)39-31(44)26-7-3-4-23(16-26)21-42-12-10-41(11-13-42)14-15-43/h1-9,16-20,43H,10-15,21H2,(H,39,44)(H,40,45)/b38-20-. The number of aliphatic hydroxyl groups is 1. The summed E-state index contributed by atoms with van der Waals surface area (Å²) in [7, 11) is 0. The third kappa shape index (κ3) is 8.25. The predicted octanol–water partition coefficient (Wildman–Crippen LogP) is 5.64. The van der Waals surface area contributed by atoms with Crippen LogP contribution in [0.2, 0.25) is 5.02 Å². The number of halogens is 4. The molecule has 1 heterocycles. The maximum Gasteiger partial charge on any atom is 0.417 e. The molecule has 12 heteroatoms. The fourth-order valence-corrected chi connectivity index (χ4v) is 5.40. The summed E-state index contributed by atoms with van der Waals surface area (Å²) in [6.07, 6.45) is -3.56. The van der Waals surface area contributed by atoms with E-state index in [1.54, 1.807) is 18.2 Å². The van der Waals surface area contributed by atoms with Crippen molar-refractivity contribution in [3.63, 3.8) is 0 Å². The summed E-state index contributed by atoms with van der Waals surface area (Å²) in [6.45, 7) is 4.92. The van der Waals surface area contributed by atoms with E-state index in [0.29, 0.717) is 18.7 Å². The van der Waals surface area contributed by atoms with Crippen molar-refractivity contribution in [3.05, 3.63) is 112 Å². The van der Waals surface area contributed by atoms with E-state index in [2.05, 4.69) is 25.6 Å². The molecule has 4 aromatic rings. The van der Waals surface area contributed by atoms with Gasteiger partial charge in [0.1, 0.15) is 0 Å². The van der Waals surface area contributed by atoms with E-state index in [1.165, 1.54) is 6.07 Å². The fraction of sp³-hybridized carbons (Fsp3) is 0.242. The molecule has 3 N–H and O–H groups in total. The number of rotatable bonds is 9. The summed E-state index contributed by atoms with van der Waals surface area (Å²) in [5.41, 5.74) is 3.20. The van der Waals surface area contributed by atoms with Crippen LogP contribution in [-0.2, 0) is 12.7 Å². The quantitative estimate of drug-likeness (QED) is 0.163. The fourth-order valence-electron chi connectivity index (χ4n) is 5.17. The van der Waals surface area contributed by atoms with Gasteiger partial charge in [-0.2, -0.15) is 18.3 Å². The van der Waals surface area contributed by atoms with Gasteiger partial charge < -0.3 is 10.4 Å². The van der Waals surface area contributed by atoms with Crippen molar-refractivity contribution in [1.29, 1.82) is 0 Å². The first kappa shape index (κ1) is 32.1. The number of hydrazone groups is 1. The summed E-state index contributed by atoms with van der Waals surface area (Å²) in [4.78, 5) is 31.2. The molecule has 234 valence electrons. The number of anilines is 1. The second-order valence-corrected chi connectivity index (χ2v) is 11.1. The first-order valence-electron chi connectivity index (χ1n) is 14.3. The summed E-state index contributed by atoms with van der Waals surface area (Å²) >= 11 is 5.68. The number of nitrogens with zero attached hydrogens (tertiary/aromatic N) is 3. The largest absolute Gasteiger partial charge is 0.417 e. The van der Waals surface area contributed by atoms with Crippen LogP contribution in [0.3, 0.4) is 0 Å². The number of fused-ring (bicyclic) bond motifs is 1. The average Bonchev–Trinajstić information content (AvgIpc) is 3.02. The van der Waals surface area contributed by atoms with Crippen LogP contribution in [0.5, 0.6) is 0 Å². The summed E-state index contributed by atoms with van der Waals surface area (Å²) < 4.78 is 39.7. The highest BCUT2D eigenvalue weighted by Crippen LogP contribution is 2.35. The normalized spacial score (nSPS) is 14.6. The zero-order valence-electron chi connectivity index (χ0n) is 24.1. The molecule has 0 atom stereocenters. The van der Waals surface area contributed by atoms with Gasteiger partial charge >= 0.3 is 6.18 Å². The lowest BCUT2D eigenvalue weighted by molar-refractivity contribution is -0.137. The molecule has 2 amide bonds. The van der Waals surface area contributed by atoms with Gasteiger partial charge in [0.15, 0.2) is 0 Å². The highest BCUT2D eigenvalue weighted by atomic mass is 35.5. The maximum absolute atomic E-state index is 13.4. The van der Waals surface area contributed by atoms with E-state index in [4.69, 9.17) is 11.6 Å². The van der Waals surface area contributed by atoms with Crippen LogP contribution < -0.4 is 10.7 Å². The molecule has 1 saturated heterocycles. The Morgan fingerprint density at radius 2 is 1.60 bits per heavy atom. The van der Waals surface area contributed by atoms with Crippen LogP contribution in [0.15, 0.2) is 84.0 Å². The molecule has 4 aromatic carbocycles. The monoisotopic (exact) mass is 637 g/mol. The molecule has 8 nitrogen and oxygen atoms in total. The maximum atomic E-state index is 13.4. The van der Waals surface area contributed by atoms with Gasteiger partial charge in [0.05, 0.1) is 34.7 Å². The Hall–Kier alpha value is -4.29. The van der Waals surface area contributed by atoms with E-state index >= 15 is 0 Å². The number of aliphatic hydroxyl groups excluding tert-OH is 1. The molecule has 1 fully saturated rings. The minimum absolute atomic E-state index is 0.0889. The number of hydrogen-bond acceptors (Lipinski definition) is 6. The molecule has 45 heavy (non-hydrogen) atoms. The first-order valence-corrected chi connectivity index (χ1v) is 14.7. The number of hydrogen-bond donors (Lipinski definition) is 3. The lowest BCUT2D eigenvalue weighted by atomic mass is 10.0. The predicted molar refractivity (Wildman–Crippen MR) is 169 cm³/mol. The lowest BCUT2D eigenvalue weighted by Crippen LogP contribution is -2.46. The van der Waals surface area contributed by atoms with Gasteiger partial charge in [-0.25, -0.2) is 5.43 Å². The summed E-state index contributed by atoms with van der Waals surface area (Å²) in [6, 6.07) is 21.2. The van der Waals surface area contributed by atoms with Crippen molar-refractivity contribution < 1.29 is 27.9 Å². The van der Waals surface area contributed by atoms with Gasteiger partial charge in [-0.3, -0.25) is 19.4 Å². The van der Waals surface area contributed by atoms with Crippen LogP contribution in [-0.4, -0.2) is 72.3 Å². The van der Waals surface area contributed by atoms with E-state index in [0.717, 1.165) is 60.9 Å². The molecule has 0 aromatic heterocycles. The topological polar surface area (TPSA) is 97.3 Å². The van der Waals surface area contributed by atoms with Crippen molar-refractivity contribution in [3.8, 4) is 0 Å².